The van der Waals surface area contributed by atoms with Crippen molar-refractivity contribution in [3.05, 3.63) is 53.6 Å². The number of rotatable bonds is 13. The fraction of sp³-hybridized carbons (Fsp3) is 0.481. The van der Waals surface area contributed by atoms with Gasteiger partial charge in [-0.05, 0) is 44.4 Å². The molecule has 0 saturated heterocycles. The van der Waals surface area contributed by atoms with E-state index in [1.54, 1.807) is 18.2 Å². The molecule has 0 fully saturated rings. The first-order valence-electron chi connectivity index (χ1n) is 12.7. The fourth-order valence-electron chi connectivity index (χ4n) is 4.08. The van der Waals surface area contributed by atoms with Crippen molar-refractivity contribution < 1.29 is 27.5 Å². The van der Waals surface area contributed by atoms with Crippen LogP contribution in [-0.2, 0) is 26.2 Å². The summed E-state index contributed by atoms with van der Waals surface area (Å²) in [7, 11) is -3.82. The molecule has 1 atom stereocenters. The average molecular weight is 532 g/mol. The maximum atomic E-state index is 13.8. The summed E-state index contributed by atoms with van der Waals surface area (Å²) in [6, 6.07) is 11.7. The molecule has 0 radical (unpaired) electrons. The van der Waals surface area contributed by atoms with Crippen LogP contribution in [-0.4, -0.2) is 56.8 Å². The van der Waals surface area contributed by atoms with Gasteiger partial charge in [-0.1, -0.05) is 50.1 Å². The third-order valence-electron chi connectivity index (χ3n) is 6.31. The quantitative estimate of drug-likeness (QED) is 0.396. The fourth-order valence-corrected chi connectivity index (χ4v) is 5.13. The van der Waals surface area contributed by atoms with Crippen LogP contribution in [0.2, 0.25) is 0 Å². The van der Waals surface area contributed by atoms with Crippen LogP contribution in [0.25, 0.3) is 0 Å². The Kier molecular flexibility index (Phi) is 9.79. The number of sulfonamides is 1. The van der Waals surface area contributed by atoms with Gasteiger partial charge in [0.1, 0.15) is 12.6 Å². The van der Waals surface area contributed by atoms with Gasteiger partial charge in [-0.15, -0.1) is 0 Å². The molecule has 2 aromatic rings. The van der Waals surface area contributed by atoms with Crippen LogP contribution in [0.3, 0.4) is 0 Å². The Hall–Kier alpha value is -3.27. The van der Waals surface area contributed by atoms with Crippen LogP contribution >= 0.6 is 0 Å². The third-order valence-corrected chi connectivity index (χ3v) is 8.05. The Balaban J connectivity index is 1.94. The molecule has 0 bridgehead atoms. The summed E-state index contributed by atoms with van der Waals surface area (Å²) in [6.07, 6.45) is 2.16. The molecule has 1 N–H and O–H groups in total. The zero-order valence-corrected chi connectivity index (χ0v) is 22.8. The van der Waals surface area contributed by atoms with E-state index in [0.29, 0.717) is 30.2 Å². The van der Waals surface area contributed by atoms with Gasteiger partial charge in [-0.25, -0.2) is 8.42 Å². The van der Waals surface area contributed by atoms with E-state index < -0.39 is 28.5 Å². The van der Waals surface area contributed by atoms with Crippen LogP contribution in [0.4, 0.5) is 5.69 Å². The number of nitrogens with zero attached hydrogens (tertiary/aromatic N) is 2. The highest BCUT2D eigenvalue weighted by molar-refractivity contribution is 7.92. The molecule has 1 aliphatic heterocycles. The highest BCUT2D eigenvalue weighted by atomic mass is 32.2. The number of anilines is 1. The molecule has 10 heteroatoms. The van der Waals surface area contributed by atoms with Gasteiger partial charge in [0.15, 0.2) is 11.5 Å². The largest absolute Gasteiger partial charge is 0.454 e. The monoisotopic (exact) mass is 531 g/mol. The van der Waals surface area contributed by atoms with Crippen molar-refractivity contribution in [2.24, 2.45) is 0 Å². The summed E-state index contributed by atoms with van der Waals surface area (Å²) < 4.78 is 38.1. The van der Waals surface area contributed by atoms with Gasteiger partial charge in [0.05, 0.1) is 11.4 Å². The Morgan fingerprint density at radius 2 is 1.73 bits per heavy atom. The van der Waals surface area contributed by atoms with Crippen LogP contribution < -0.4 is 19.1 Å². The van der Waals surface area contributed by atoms with E-state index >= 15 is 0 Å². The Morgan fingerprint density at radius 3 is 2.38 bits per heavy atom. The number of unbranched alkanes of at least 4 members (excludes halogenated alkanes) is 1. The van der Waals surface area contributed by atoms with Crippen molar-refractivity contribution in [1.29, 1.82) is 0 Å². The number of benzene rings is 2. The van der Waals surface area contributed by atoms with Crippen LogP contribution in [0.5, 0.6) is 11.5 Å². The van der Waals surface area contributed by atoms with Crippen LogP contribution in [0, 0.1) is 6.92 Å². The molecular weight excluding hydrogens is 494 g/mol. The molecule has 3 rings (SSSR count). The first kappa shape index (κ1) is 28.3. The van der Waals surface area contributed by atoms with Crippen molar-refractivity contribution in [3.63, 3.8) is 0 Å². The van der Waals surface area contributed by atoms with Gasteiger partial charge in [0.2, 0.25) is 28.6 Å². The lowest BCUT2D eigenvalue weighted by molar-refractivity contribution is -0.140. The predicted molar refractivity (Wildman–Crippen MR) is 143 cm³/mol. The van der Waals surface area contributed by atoms with Crippen molar-refractivity contribution in [3.8, 4) is 11.5 Å². The van der Waals surface area contributed by atoms with Gasteiger partial charge in [0.25, 0.3) is 0 Å². The van der Waals surface area contributed by atoms with Gasteiger partial charge >= 0.3 is 0 Å². The summed E-state index contributed by atoms with van der Waals surface area (Å²) in [5.41, 5.74) is 2.23. The van der Waals surface area contributed by atoms with Gasteiger partial charge in [-0.2, -0.15) is 0 Å². The number of nitrogens with one attached hydrogen (secondary N) is 1. The average Bonchev–Trinajstić information content (AvgIpc) is 3.36. The molecule has 0 saturated carbocycles. The van der Waals surface area contributed by atoms with E-state index in [2.05, 4.69) is 5.32 Å². The second-order valence-electron chi connectivity index (χ2n) is 9.02. The van der Waals surface area contributed by atoms with E-state index in [4.69, 9.17) is 9.47 Å². The molecular formula is C27H37N3O6S. The number of aryl methyl sites for hydroxylation is 1. The lowest BCUT2D eigenvalue weighted by atomic mass is 10.1. The summed E-state index contributed by atoms with van der Waals surface area (Å²) in [4.78, 5) is 28.4. The molecule has 0 aliphatic carbocycles. The SMILES string of the molecule is CCCCNC(=O)[C@H](CC)N(Cc1ccc(C)cc1)C(=O)CN(c1ccc2c(c1)OCO2)S(=O)(=O)CC. The number of ether oxygens (including phenoxy) is 2. The Morgan fingerprint density at radius 1 is 1.03 bits per heavy atom. The minimum absolute atomic E-state index is 0.0495. The van der Waals surface area contributed by atoms with E-state index in [1.165, 1.54) is 11.8 Å². The number of hydrogen-bond acceptors (Lipinski definition) is 6. The number of amides is 2. The predicted octanol–water partition coefficient (Wildman–Crippen LogP) is 3.60. The Labute approximate surface area is 219 Å². The van der Waals surface area contributed by atoms with Crippen molar-refractivity contribution in [2.75, 3.05) is 29.9 Å². The lowest BCUT2D eigenvalue weighted by Gasteiger charge is -2.33. The maximum absolute atomic E-state index is 13.8. The molecule has 0 spiro atoms. The second kappa shape index (κ2) is 12.8. The van der Waals surface area contributed by atoms with Gasteiger partial charge < -0.3 is 19.7 Å². The lowest BCUT2D eigenvalue weighted by Crippen LogP contribution is -2.52. The smallest absolute Gasteiger partial charge is 0.244 e. The normalized spacial score (nSPS) is 13.2. The third kappa shape index (κ3) is 7.15. The van der Waals surface area contributed by atoms with E-state index in [9.17, 15) is 18.0 Å². The zero-order valence-electron chi connectivity index (χ0n) is 22.0. The number of carbonyl (C=O) groups excluding carboxylic acids is 2. The molecule has 0 unspecified atom stereocenters. The first-order chi connectivity index (χ1) is 17.7. The standard InChI is InChI=1S/C27H37N3O6S/c1-5-8-15-28-27(32)23(6-2)29(17-21-11-9-20(4)10-12-21)26(31)18-30(37(33,34)7-3)22-13-14-24-25(16-22)36-19-35-24/h9-14,16,23H,5-8,15,17-19H2,1-4H3,(H,28,32)/t23-/m0/s1. The zero-order chi connectivity index (χ0) is 27.0. The van der Waals surface area contributed by atoms with Gasteiger partial charge in [0, 0.05) is 19.2 Å². The molecule has 202 valence electrons. The second-order valence-corrected chi connectivity index (χ2v) is 11.2. The van der Waals surface area contributed by atoms with Gasteiger partial charge in [-0.3, -0.25) is 13.9 Å². The molecule has 2 aromatic carbocycles. The Bertz CT molecular complexity index is 1180. The number of hydrogen-bond donors (Lipinski definition) is 1. The summed E-state index contributed by atoms with van der Waals surface area (Å²) in [5, 5.41) is 2.92. The molecule has 0 aromatic heterocycles. The summed E-state index contributed by atoms with van der Waals surface area (Å²) >= 11 is 0. The minimum Gasteiger partial charge on any atom is -0.454 e. The molecule has 1 heterocycles. The first-order valence-corrected chi connectivity index (χ1v) is 14.3. The van der Waals surface area contributed by atoms with Crippen LogP contribution in [0.1, 0.15) is 51.2 Å². The molecule has 9 nitrogen and oxygen atoms in total. The number of carbonyl (C=O) groups is 2. The van der Waals surface area contributed by atoms with E-state index in [0.717, 1.165) is 28.3 Å². The highest BCUT2D eigenvalue weighted by Crippen LogP contribution is 2.36. The topological polar surface area (TPSA) is 105 Å². The van der Waals surface area contributed by atoms with E-state index in [1.807, 2.05) is 45.0 Å². The maximum Gasteiger partial charge on any atom is 0.244 e. The summed E-state index contributed by atoms with van der Waals surface area (Å²) in [5.74, 6) is 0.0258. The van der Waals surface area contributed by atoms with E-state index in [-0.39, 0.29) is 25.0 Å². The number of fused-ring (bicyclic) bond motifs is 1. The minimum atomic E-state index is -3.82. The van der Waals surface area contributed by atoms with Crippen LogP contribution in [0.15, 0.2) is 42.5 Å². The highest BCUT2D eigenvalue weighted by Gasteiger charge is 2.33. The van der Waals surface area contributed by atoms with Crippen molar-refractivity contribution in [2.45, 2.75) is 59.5 Å². The molecule has 37 heavy (non-hydrogen) atoms. The van der Waals surface area contributed by atoms with Crippen molar-refractivity contribution >= 4 is 27.5 Å². The molecule has 1 aliphatic rings. The molecule has 2 amide bonds. The van der Waals surface area contributed by atoms with Crippen molar-refractivity contribution in [1.82, 2.24) is 10.2 Å². The summed E-state index contributed by atoms with van der Waals surface area (Å²) in [6.45, 7) is 7.69.